The zero-order chi connectivity index (χ0) is 14.1. The van der Waals surface area contributed by atoms with Crippen molar-refractivity contribution in [2.45, 2.75) is 0 Å². The van der Waals surface area contributed by atoms with Crippen molar-refractivity contribution >= 4 is 17.3 Å². The van der Waals surface area contributed by atoms with Crippen molar-refractivity contribution < 1.29 is 4.39 Å². The van der Waals surface area contributed by atoms with Gasteiger partial charge in [-0.15, -0.1) is 5.10 Å². The first kappa shape index (κ1) is 12.6. The predicted molar refractivity (Wildman–Crippen MR) is 74.0 cm³/mol. The predicted octanol–water partition coefficient (Wildman–Crippen LogP) is 2.70. The molecule has 0 aliphatic carbocycles. The molecule has 1 aromatic heterocycles. The molecule has 3 aromatic rings. The van der Waals surface area contributed by atoms with E-state index in [-0.39, 0.29) is 5.82 Å². The zero-order valence-electron chi connectivity index (χ0n) is 10.2. The number of rotatable bonds is 2. The van der Waals surface area contributed by atoms with Gasteiger partial charge in [0.2, 0.25) is 0 Å². The number of nitrogens with two attached hydrogens (primary N) is 1. The van der Waals surface area contributed by atoms with E-state index in [9.17, 15) is 4.39 Å². The molecule has 0 saturated heterocycles. The Balaban J connectivity index is 2.12. The molecule has 1 heterocycles. The summed E-state index contributed by atoms with van der Waals surface area (Å²) in [4.78, 5) is 0. The first-order chi connectivity index (χ1) is 9.65. The molecule has 2 aromatic carbocycles. The molecule has 0 amide bonds. The molecular formula is C13H9ClFN5. The lowest BCUT2D eigenvalue weighted by Crippen LogP contribution is -2.01. The molecule has 3 rings (SSSR count). The molecule has 0 saturated carbocycles. The average molecular weight is 290 g/mol. The highest BCUT2D eigenvalue weighted by molar-refractivity contribution is 6.31. The maximum atomic E-state index is 13.0. The fraction of sp³-hybridized carbons (Fsp3) is 0. The molecule has 2 N–H and O–H groups in total. The van der Waals surface area contributed by atoms with Crippen LogP contribution in [0, 0.1) is 5.82 Å². The van der Waals surface area contributed by atoms with Crippen LogP contribution in [0.2, 0.25) is 5.02 Å². The summed E-state index contributed by atoms with van der Waals surface area (Å²) in [5, 5.41) is 12.0. The summed E-state index contributed by atoms with van der Waals surface area (Å²) in [6.07, 6.45) is 0. The lowest BCUT2D eigenvalue weighted by Gasteiger charge is -2.07. The van der Waals surface area contributed by atoms with Crippen LogP contribution in [0.3, 0.4) is 0 Å². The Morgan fingerprint density at radius 2 is 1.85 bits per heavy atom. The van der Waals surface area contributed by atoms with Gasteiger partial charge in [0, 0.05) is 16.3 Å². The highest BCUT2D eigenvalue weighted by Gasteiger charge is 2.13. The third-order valence-corrected chi connectivity index (χ3v) is 3.03. The second-order valence-corrected chi connectivity index (χ2v) is 4.56. The lowest BCUT2D eigenvalue weighted by atomic mass is 10.1. The first-order valence-electron chi connectivity index (χ1n) is 5.75. The molecule has 0 aliphatic heterocycles. The van der Waals surface area contributed by atoms with Crippen molar-refractivity contribution in [1.29, 1.82) is 0 Å². The number of anilines is 1. The van der Waals surface area contributed by atoms with E-state index in [1.165, 1.54) is 16.8 Å². The standard InChI is InChI=1S/C13H9ClFN5/c14-8-1-6-11(12(16)7-8)13-17-18-19-20(13)10-4-2-9(15)3-5-10/h1-7H,16H2. The molecule has 20 heavy (non-hydrogen) atoms. The van der Waals surface area contributed by atoms with E-state index < -0.39 is 0 Å². The van der Waals surface area contributed by atoms with Gasteiger partial charge in [0.25, 0.3) is 0 Å². The number of aromatic nitrogens is 4. The minimum absolute atomic E-state index is 0.325. The van der Waals surface area contributed by atoms with Gasteiger partial charge in [-0.1, -0.05) is 11.6 Å². The van der Waals surface area contributed by atoms with E-state index in [2.05, 4.69) is 15.5 Å². The normalized spacial score (nSPS) is 10.7. The maximum absolute atomic E-state index is 13.0. The smallest absolute Gasteiger partial charge is 0.189 e. The second kappa shape index (κ2) is 4.90. The van der Waals surface area contributed by atoms with Crippen molar-refractivity contribution in [3.8, 4) is 17.1 Å². The summed E-state index contributed by atoms with van der Waals surface area (Å²) in [5.41, 5.74) is 7.69. The van der Waals surface area contributed by atoms with Crippen molar-refractivity contribution in [3.63, 3.8) is 0 Å². The van der Waals surface area contributed by atoms with E-state index in [4.69, 9.17) is 17.3 Å². The van der Waals surface area contributed by atoms with E-state index in [1.54, 1.807) is 30.3 Å². The number of hydrogen-bond acceptors (Lipinski definition) is 4. The fourth-order valence-corrected chi connectivity index (χ4v) is 2.03. The number of nitrogen functional groups attached to an aromatic ring is 1. The third-order valence-electron chi connectivity index (χ3n) is 2.80. The second-order valence-electron chi connectivity index (χ2n) is 4.12. The number of tetrazole rings is 1. The summed E-state index contributed by atoms with van der Waals surface area (Å²) in [7, 11) is 0. The van der Waals surface area contributed by atoms with Crippen molar-refractivity contribution in [2.24, 2.45) is 0 Å². The Bertz CT molecular complexity index is 754. The van der Waals surface area contributed by atoms with Crippen molar-refractivity contribution in [1.82, 2.24) is 20.2 Å². The van der Waals surface area contributed by atoms with Crippen LogP contribution in [0.5, 0.6) is 0 Å². The Morgan fingerprint density at radius 3 is 2.55 bits per heavy atom. The Hall–Kier alpha value is -2.47. The van der Waals surface area contributed by atoms with Gasteiger partial charge in [0.15, 0.2) is 5.82 Å². The number of benzene rings is 2. The fourth-order valence-electron chi connectivity index (χ4n) is 1.85. The van der Waals surface area contributed by atoms with Crippen LogP contribution < -0.4 is 5.73 Å². The number of nitrogens with zero attached hydrogens (tertiary/aromatic N) is 4. The SMILES string of the molecule is Nc1cc(Cl)ccc1-c1nnnn1-c1ccc(F)cc1. The Morgan fingerprint density at radius 1 is 1.10 bits per heavy atom. The van der Waals surface area contributed by atoms with E-state index in [0.717, 1.165) is 0 Å². The summed E-state index contributed by atoms with van der Waals surface area (Å²) in [6.45, 7) is 0. The van der Waals surface area contributed by atoms with E-state index in [0.29, 0.717) is 27.8 Å². The van der Waals surface area contributed by atoms with Crippen LogP contribution >= 0.6 is 11.6 Å². The van der Waals surface area contributed by atoms with Crippen molar-refractivity contribution in [3.05, 3.63) is 53.3 Å². The van der Waals surface area contributed by atoms with Crippen molar-refractivity contribution in [2.75, 3.05) is 5.73 Å². The summed E-state index contributed by atoms with van der Waals surface area (Å²) in [5.74, 6) is 0.139. The molecule has 0 aliphatic rings. The van der Waals surface area contributed by atoms with E-state index in [1.807, 2.05) is 0 Å². The monoisotopic (exact) mass is 289 g/mol. The van der Waals surface area contributed by atoms with Gasteiger partial charge in [-0.2, -0.15) is 4.68 Å². The molecule has 5 nitrogen and oxygen atoms in total. The van der Waals surface area contributed by atoms with Crippen LogP contribution in [0.15, 0.2) is 42.5 Å². The summed E-state index contributed by atoms with van der Waals surface area (Å²) in [6, 6.07) is 10.9. The third kappa shape index (κ3) is 2.21. The molecule has 0 fully saturated rings. The first-order valence-corrected chi connectivity index (χ1v) is 6.12. The summed E-state index contributed by atoms with van der Waals surface area (Å²) >= 11 is 5.87. The van der Waals surface area contributed by atoms with E-state index >= 15 is 0 Å². The highest BCUT2D eigenvalue weighted by atomic mass is 35.5. The van der Waals surface area contributed by atoms with Gasteiger partial charge < -0.3 is 5.73 Å². The van der Waals surface area contributed by atoms with Crippen LogP contribution in [0.25, 0.3) is 17.1 Å². The molecule has 0 atom stereocenters. The molecule has 0 radical (unpaired) electrons. The molecule has 7 heteroatoms. The Kier molecular flexibility index (Phi) is 3.08. The topological polar surface area (TPSA) is 69.6 Å². The quantitative estimate of drug-likeness (QED) is 0.736. The number of halogens is 2. The van der Waals surface area contributed by atoms with Gasteiger partial charge in [-0.3, -0.25) is 0 Å². The maximum Gasteiger partial charge on any atom is 0.189 e. The molecular weight excluding hydrogens is 281 g/mol. The van der Waals surface area contributed by atoms with Crippen LogP contribution in [-0.4, -0.2) is 20.2 Å². The van der Waals surface area contributed by atoms with Gasteiger partial charge in [-0.25, -0.2) is 4.39 Å². The number of hydrogen-bond donors (Lipinski definition) is 1. The largest absolute Gasteiger partial charge is 0.398 e. The molecule has 0 bridgehead atoms. The van der Waals surface area contributed by atoms with Crippen LogP contribution in [0.4, 0.5) is 10.1 Å². The molecule has 0 unspecified atom stereocenters. The highest BCUT2D eigenvalue weighted by Crippen LogP contribution is 2.27. The lowest BCUT2D eigenvalue weighted by molar-refractivity contribution is 0.627. The summed E-state index contributed by atoms with van der Waals surface area (Å²) < 4.78 is 14.4. The van der Waals surface area contributed by atoms with Crippen LogP contribution in [-0.2, 0) is 0 Å². The zero-order valence-corrected chi connectivity index (χ0v) is 10.9. The van der Waals surface area contributed by atoms with Crippen LogP contribution in [0.1, 0.15) is 0 Å². The van der Waals surface area contributed by atoms with Gasteiger partial charge in [0.1, 0.15) is 5.82 Å². The Labute approximate surface area is 118 Å². The minimum atomic E-state index is -0.325. The van der Waals surface area contributed by atoms with Gasteiger partial charge in [0.05, 0.1) is 5.69 Å². The molecule has 100 valence electrons. The molecule has 0 spiro atoms. The minimum Gasteiger partial charge on any atom is -0.398 e. The average Bonchev–Trinajstić information content (AvgIpc) is 2.88. The van der Waals surface area contributed by atoms with Gasteiger partial charge >= 0.3 is 0 Å². The van der Waals surface area contributed by atoms with Gasteiger partial charge in [-0.05, 0) is 52.9 Å².